The Balaban J connectivity index is 1.41. The first kappa shape index (κ1) is 16.8. The number of hydrogen-bond acceptors (Lipinski definition) is 7. The van der Waals surface area contributed by atoms with Crippen LogP contribution < -0.4 is 5.32 Å². The average molecular weight is 363 g/mol. The summed E-state index contributed by atoms with van der Waals surface area (Å²) in [5.41, 5.74) is 3.08. The Kier molecular flexibility index (Phi) is 5.36. The number of rotatable bonds is 7. The Hall–Kier alpha value is -2.07. The molecule has 0 radical (unpaired) electrons. The number of thioether (sulfide) groups is 2. The topological polar surface area (TPSA) is 101 Å². The minimum absolute atomic E-state index is 0.0201. The van der Waals surface area contributed by atoms with Crippen molar-refractivity contribution in [1.29, 1.82) is 0 Å². The highest BCUT2D eigenvalue weighted by atomic mass is 32.2. The summed E-state index contributed by atoms with van der Waals surface area (Å²) >= 11 is 2.90. The zero-order chi connectivity index (χ0) is 16.9. The van der Waals surface area contributed by atoms with Gasteiger partial charge in [-0.1, -0.05) is 29.6 Å². The third-order valence-electron chi connectivity index (χ3n) is 3.19. The summed E-state index contributed by atoms with van der Waals surface area (Å²) in [6.45, 7) is 2.60. The molecule has 3 aromatic rings. The average Bonchev–Trinajstić information content (AvgIpc) is 3.15. The van der Waals surface area contributed by atoms with Crippen LogP contribution in [0.25, 0.3) is 11.0 Å². The maximum atomic E-state index is 11.9. The monoisotopic (exact) mass is 363 g/mol. The lowest BCUT2D eigenvalue weighted by molar-refractivity contribution is -0.118. The van der Waals surface area contributed by atoms with Gasteiger partial charge in [0, 0.05) is 19.3 Å². The molecule has 2 N–H and O–H groups in total. The number of carbonyl (C=O) groups excluding carboxylic acids is 1. The maximum Gasteiger partial charge on any atom is 0.230 e. The number of tetrazole rings is 1. The normalized spacial score (nSPS) is 11.1. The number of hydrogen-bond donors (Lipinski definition) is 2. The number of fused-ring (bicyclic) bond motifs is 1. The van der Waals surface area contributed by atoms with Crippen LogP contribution in [0, 0.1) is 6.92 Å². The molecule has 0 bridgehead atoms. The van der Waals surface area contributed by atoms with Crippen LogP contribution in [0.4, 0.5) is 0 Å². The number of amides is 1. The predicted molar refractivity (Wildman–Crippen MR) is 94.1 cm³/mol. The summed E-state index contributed by atoms with van der Waals surface area (Å²) in [7, 11) is 1.78. The molecule has 0 atom stereocenters. The molecule has 126 valence electrons. The fourth-order valence-corrected chi connectivity index (χ4v) is 3.45. The molecule has 0 aliphatic rings. The highest BCUT2D eigenvalue weighted by Gasteiger charge is 2.08. The van der Waals surface area contributed by atoms with Crippen molar-refractivity contribution in [3.05, 3.63) is 23.8 Å². The van der Waals surface area contributed by atoms with Crippen LogP contribution in [0.1, 0.15) is 5.56 Å². The van der Waals surface area contributed by atoms with Gasteiger partial charge >= 0.3 is 0 Å². The predicted octanol–water partition coefficient (Wildman–Crippen LogP) is 1.40. The van der Waals surface area contributed by atoms with E-state index in [1.807, 2.05) is 25.1 Å². The van der Waals surface area contributed by atoms with Crippen molar-refractivity contribution in [3.8, 4) is 0 Å². The SMILES string of the molecule is Cc1ccc2nc(SCC(=O)NCCSc3nnnn3C)[nH]c2c1. The highest BCUT2D eigenvalue weighted by Crippen LogP contribution is 2.20. The van der Waals surface area contributed by atoms with Gasteiger partial charge in [-0.3, -0.25) is 4.79 Å². The van der Waals surface area contributed by atoms with E-state index in [2.05, 4.69) is 30.8 Å². The number of nitrogens with one attached hydrogen (secondary N) is 2. The largest absolute Gasteiger partial charge is 0.355 e. The van der Waals surface area contributed by atoms with Gasteiger partial charge in [-0.05, 0) is 35.0 Å². The lowest BCUT2D eigenvalue weighted by Gasteiger charge is -2.03. The third kappa shape index (κ3) is 4.26. The first-order valence-corrected chi connectivity index (χ1v) is 9.30. The molecule has 10 heteroatoms. The molecule has 0 aliphatic carbocycles. The second-order valence-electron chi connectivity index (χ2n) is 5.13. The number of H-pyrrole nitrogens is 1. The molecule has 24 heavy (non-hydrogen) atoms. The van der Waals surface area contributed by atoms with E-state index in [1.54, 1.807) is 11.7 Å². The van der Waals surface area contributed by atoms with Crippen LogP contribution in [0.3, 0.4) is 0 Å². The summed E-state index contributed by atoms with van der Waals surface area (Å²) in [5.74, 6) is 1.03. The van der Waals surface area contributed by atoms with Gasteiger partial charge in [-0.15, -0.1) is 5.10 Å². The van der Waals surface area contributed by atoms with Crippen molar-refractivity contribution >= 4 is 40.5 Å². The minimum Gasteiger partial charge on any atom is -0.355 e. The molecule has 3 rings (SSSR count). The van der Waals surface area contributed by atoms with Crippen molar-refractivity contribution < 1.29 is 4.79 Å². The van der Waals surface area contributed by atoms with Gasteiger partial charge < -0.3 is 10.3 Å². The Bertz CT molecular complexity index is 845. The number of aromatic amines is 1. The first-order valence-electron chi connectivity index (χ1n) is 7.33. The maximum absolute atomic E-state index is 11.9. The van der Waals surface area contributed by atoms with Gasteiger partial charge in [-0.25, -0.2) is 9.67 Å². The minimum atomic E-state index is -0.0201. The molecule has 0 saturated carbocycles. The van der Waals surface area contributed by atoms with Gasteiger partial charge in [0.15, 0.2) is 5.16 Å². The van der Waals surface area contributed by atoms with E-state index < -0.39 is 0 Å². The van der Waals surface area contributed by atoms with E-state index in [1.165, 1.54) is 29.1 Å². The van der Waals surface area contributed by atoms with Crippen LogP contribution in [0.5, 0.6) is 0 Å². The Labute approximate surface area is 147 Å². The van der Waals surface area contributed by atoms with E-state index >= 15 is 0 Å². The number of aromatic nitrogens is 6. The Morgan fingerprint density at radius 3 is 3.04 bits per heavy atom. The van der Waals surface area contributed by atoms with E-state index in [4.69, 9.17) is 0 Å². The van der Waals surface area contributed by atoms with Gasteiger partial charge in [0.25, 0.3) is 0 Å². The molecule has 2 aromatic heterocycles. The lowest BCUT2D eigenvalue weighted by Crippen LogP contribution is -2.27. The number of imidazole rings is 1. The fraction of sp³-hybridized carbons (Fsp3) is 0.357. The van der Waals surface area contributed by atoms with Crippen molar-refractivity contribution in [1.82, 2.24) is 35.5 Å². The summed E-state index contributed by atoms with van der Waals surface area (Å²) in [4.78, 5) is 19.6. The second-order valence-corrected chi connectivity index (χ2v) is 7.16. The van der Waals surface area contributed by atoms with E-state index in [9.17, 15) is 4.79 Å². The molecule has 0 saturated heterocycles. The summed E-state index contributed by atoms with van der Waals surface area (Å²) in [5, 5.41) is 15.5. The standard InChI is InChI=1S/C14H17N7OS2/c1-9-3-4-10-11(7-9)17-13(16-10)24-8-12(22)15-5-6-23-14-18-19-20-21(14)2/h3-4,7H,5-6,8H2,1-2H3,(H,15,22)(H,16,17). The molecule has 1 amide bonds. The smallest absolute Gasteiger partial charge is 0.230 e. The zero-order valence-corrected chi connectivity index (χ0v) is 14.9. The van der Waals surface area contributed by atoms with Gasteiger partial charge in [0.2, 0.25) is 11.1 Å². The third-order valence-corrected chi connectivity index (χ3v) is 5.08. The van der Waals surface area contributed by atoms with Crippen molar-refractivity contribution in [3.63, 3.8) is 0 Å². The molecule has 2 heterocycles. The summed E-state index contributed by atoms with van der Waals surface area (Å²) < 4.78 is 1.60. The highest BCUT2D eigenvalue weighted by molar-refractivity contribution is 7.99. The second kappa shape index (κ2) is 7.67. The molecule has 0 spiro atoms. The molecular formula is C14H17N7OS2. The van der Waals surface area contributed by atoms with Gasteiger partial charge in [-0.2, -0.15) is 0 Å². The van der Waals surface area contributed by atoms with Crippen molar-refractivity contribution in [2.24, 2.45) is 7.05 Å². The van der Waals surface area contributed by atoms with Crippen molar-refractivity contribution in [2.45, 2.75) is 17.2 Å². The summed E-state index contributed by atoms with van der Waals surface area (Å²) in [6.07, 6.45) is 0. The molecular weight excluding hydrogens is 346 g/mol. The number of nitrogens with zero attached hydrogens (tertiary/aromatic N) is 5. The van der Waals surface area contributed by atoms with Gasteiger partial charge in [0.05, 0.1) is 16.8 Å². The number of carbonyl (C=O) groups is 1. The number of benzene rings is 1. The van der Waals surface area contributed by atoms with E-state index in [-0.39, 0.29) is 5.91 Å². The van der Waals surface area contributed by atoms with E-state index in [0.29, 0.717) is 18.1 Å². The van der Waals surface area contributed by atoms with Crippen LogP contribution in [-0.4, -0.2) is 54.1 Å². The Morgan fingerprint density at radius 2 is 2.25 bits per heavy atom. The lowest BCUT2D eigenvalue weighted by atomic mass is 10.2. The van der Waals surface area contributed by atoms with Crippen LogP contribution >= 0.6 is 23.5 Å². The molecule has 8 nitrogen and oxygen atoms in total. The van der Waals surface area contributed by atoms with Crippen LogP contribution in [-0.2, 0) is 11.8 Å². The molecule has 0 aliphatic heterocycles. The Morgan fingerprint density at radius 1 is 1.38 bits per heavy atom. The fourth-order valence-electron chi connectivity index (χ4n) is 2.03. The molecule has 0 fully saturated rings. The quantitative estimate of drug-likeness (QED) is 0.483. The molecule has 0 unspecified atom stereocenters. The van der Waals surface area contributed by atoms with Crippen LogP contribution in [0.2, 0.25) is 0 Å². The first-order chi connectivity index (χ1) is 11.6. The number of aryl methyl sites for hydroxylation is 2. The summed E-state index contributed by atoms with van der Waals surface area (Å²) in [6, 6.07) is 6.05. The van der Waals surface area contributed by atoms with Crippen molar-refractivity contribution in [2.75, 3.05) is 18.1 Å². The van der Waals surface area contributed by atoms with Gasteiger partial charge in [0.1, 0.15) is 0 Å². The van der Waals surface area contributed by atoms with Crippen LogP contribution in [0.15, 0.2) is 28.5 Å². The zero-order valence-electron chi connectivity index (χ0n) is 13.3. The molecule has 1 aromatic carbocycles. The van der Waals surface area contributed by atoms with E-state index in [0.717, 1.165) is 21.3 Å².